The molecule has 0 aliphatic heterocycles. The fourth-order valence-electron chi connectivity index (χ4n) is 3.07. The van der Waals surface area contributed by atoms with Gasteiger partial charge in [0.05, 0.1) is 10.5 Å². The minimum absolute atomic E-state index is 0.137. The van der Waals surface area contributed by atoms with Crippen molar-refractivity contribution in [2.75, 3.05) is 6.54 Å². The lowest BCUT2D eigenvalue weighted by molar-refractivity contribution is 0.0949. The van der Waals surface area contributed by atoms with E-state index in [2.05, 4.69) is 10.3 Å². The average Bonchev–Trinajstić information content (AvgIpc) is 2.70. The van der Waals surface area contributed by atoms with E-state index < -0.39 is 26.8 Å². The third-order valence-corrected chi connectivity index (χ3v) is 6.89. The fourth-order valence-corrected chi connectivity index (χ4v) is 5.04. The van der Waals surface area contributed by atoms with Crippen LogP contribution >= 0.6 is 0 Å². The number of aryl methyl sites for hydroxylation is 2. The van der Waals surface area contributed by atoms with Gasteiger partial charge < -0.3 is 5.32 Å². The van der Waals surface area contributed by atoms with Gasteiger partial charge in [-0.1, -0.05) is 30.3 Å². The van der Waals surface area contributed by atoms with Gasteiger partial charge in [-0.3, -0.25) is 9.78 Å². The number of hydrogen-bond acceptors (Lipinski definition) is 4. The van der Waals surface area contributed by atoms with Gasteiger partial charge in [0.1, 0.15) is 11.1 Å². The van der Waals surface area contributed by atoms with E-state index in [0.29, 0.717) is 11.1 Å². The van der Waals surface area contributed by atoms with Crippen LogP contribution in [0.25, 0.3) is 0 Å². The molecule has 0 unspecified atom stereocenters. The number of nitrogens with one attached hydrogen (secondary N) is 1. The van der Waals surface area contributed by atoms with Crippen molar-refractivity contribution in [2.24, 2.45) is 0 Å². The van der Waals surface area contributed by atoms with Crippen LogP contribution in [0.1, 0.15) is 32.3 Å². The number of aromatic nitrogens is 1. The molecule has 0 radical (unpaired) electrons. The number of carbonyl (C=O) groups excluding carboxylic acids is 1. The van der Waals surface area contributed by atoms with Crippen LogP contribution in [-0.2, 0) is 9.84 Å². The lowest BCUT2D eigenvalue weighted by Gasteiger charge is -2.20. The summed E-state index contributed by atoms with van der Waals surface area (Å²) in [6.07, 6.45) is 3.01. The van der Waals surface area contributed by atoms with Crippen LogP contribution in [0.5, 0.6) is 0 Å². The second-order valence-corrected chi connectivity index (χ2v) is 8.88. The van der Waals surface area contributed by atoms with E-state index in [0.717, 1.165) is 5.56 Å². The van der Waals surface area contributed by atoms with E-state index in [9.17, 15) is 17.6 Å². The van der Waals surface area contributed by atoms with E-state index in [1.807, 2.05) is 13.0 Å². The Morgan fingerprint density at radius 1 is 1.10 bits per heavy atom. The summed E-state index contributed by atoms with van der Waals surface area (Å²) in [5.41, 5.74) is 1.74. The number of sulfone groups is 1. The van der Waals surface area contributed by atoms with Gasteiger partial charge in [0.2, 0.25) is 0 Å². The van der Waals surface area contributed by atoms with Crippen LogP contribution in [0.3, 0.4) is 0 Å². The molecule has 0 bridgehead atoms. The highest BCUT2D eigenvalue weighted by Gasteiger charge is 2.31. The molecular weight excluding hydrogens is 391 g/mol. The zero-order valence-corrected chi connectivity index (χ0v) is 16.9. The molecule has 150 valence electrons. The SMILES string of the molecule is Cc1ccc(C)c(S(=O)(=O)[C@H](CNC(=O)c2ccccc2F)c2cccnc2)c1. The van der Waals surface area contributed by atoms with E-state index in [4.69, 9.17) is 0 Å². The molecule has 3 rings (SSSR count). The maximum absolute atomic E-state index is 13.9. The molecule has 1 N–H and O–H groups in total. The second-order valence-electron chi connectivity index (χ2n) is 6.78. The van der Waals surface area contributed by atoms with Crippen LogP contribution < -0.4 is 5.32 Å². The molecule has 7 heteroatoms. The van der Waals surface area contributed by atoms with Crippen molar-refractivity contribution in [3.8, 4) is 0 Å². The molecule has 0 saturated heterocycles. The summed E-state index contributed by atoms with van der Waals surface area (Å²) >= 11 is 0. The van der Waals surface area contributed by atoms with Gasteiger partial charge in [-0.2, -0.15) is 0 Å². The number of halogens is 1. The molecule has 0 aliphatic rings. The molecule has 29 heavy (non-hydrogen) atoms. The first-order valence-electron chi connectivity index (χ1n) is 9.04. The third-order valence-electron chi connectivity index (χ3n) is 4.65. The summed E-state index contributed by atoms with van der Waals surface area (Å²) in [5, 5.41) is 1.50. The number of nitrogens with zero attached hydrogens (tertiary/aromatic N) is 1. The Labute approximate surface area is 169 Å². The van der Waals surface area contributed by atoms with E-state index in [1.54, 1.807) is 43.5 Å². The second kappa shape index (κ2) is 8.53. The summed E-state index contributed by atoms with van der Waals surface area (Å²) < 4.78 is 40.8. The van der Waals surface area contributed by atoms with Crippen molar-refractivity contribution in [2.45, 2.75) is 24.0 Å². The normalized spacial score (nSPS) is 12.4. The van der Waals surface area contributed by atoms with Gasteiger partial charge in [0.25, 0.3) is 5.91 Å². The molecule has 1 amide bonds. The van der Waals surface area contributed by atoms with Crippen molar-refractivity contribution in [3.63, 3.8) is 0 Å². The highest BCUT2D eigenvalue weighted by Crippen LogP contribution is 2.30. The molecule has 1 heterocycles. The Bertz CT molecular complexity index is 1130. The van der Waals surface area contributed by atoms with Crippen molar-refractivity contribution in [3.05, 3.63) is 95.1 Å². The molecule has 1 atom stereocenters. The summed E-state index contributed by atoms with van der Waals surface area (Å²) in [6.45, 7) is 3.33. The first-order valence-corrected chi connectivity index (χ1v) is 10.6. The Hall–Kier alpha value is -3.06. The molecule has 2 aromatic carbocycles. The molecule has 3 aromatic rings. The van der Waals surface area contributed by atoms with Crippen LogP contribution in [-0.4, -0.2) is 25.9 Å². The standard InChI is InChI=1S/C22H21FN2O3S/c1-15-9-10-16(2)20(12-15)29(27,28)21(17-6-5-11-24-13-17)14-25-22(26)18-7-3-4-8-19(18)23/h3-13,21H,14H2,1-2H3,(H,25,26)/t21-/m1/s1. The Balaban J connectivity index is 1.97. The monoisotopic (exact) mass is 412 g/mol. The Morgan fingerprint density at radius 2 is 1.86 bits per heavy atom. The van der Waals surface area contributed by atoms with Crippen molar-refractivity contribution in [1.29, 1.82) is 0 Å². The summed E-state index contributed by atoms with van der Waals surface area (Å²) in [4.78, 5) is 16.6. The summed E-state index contributed by atoms with van der Waals surface area (Å²) in [6, 6.07) is 14.1. The maximum atomic E-state index is 13.9. The van der Waals surface area contributed by atoms with Crippen LogP contribution in [0.4, 0.5) is 4.39 Å². The first kappa shape index (κ1) is 20.7. The zero-order chi connectivity index (χ0) is 21.0. The molecular formula is C22H21FN2O3S. The van der Waals surface area contributed by atoms with Gasteiger partial charge in [0, 0.05) is 18.9 Å². The van der Waals surface area contributed by atoms with Gasteiger partial charge in [-0.25, -0.2) is 12.8 Å². The van der Waals surface area contributed by atoms with Crippen molar-refractivity contribution in [1.82, 2.24) is 10.3 Å². The molecule has 0 fully saturated rings. The van der Waals surface area contributed by atoms with E-state index >= 15 is 0 Å². The minimum Gasteiger partial charge on any atom is -0.350 e. The topological polar surface area (TPSA) is 76.1 Å². The van der Waals surface area contributed by atoms with Gasteiger partial charge in [-0.05, 0) is 54.8 Å². The summed E-state index contributed by atoms with van der Waals surface area (Å²) in [5.74, 6) is -1.34. The van der Waals surface area contributed by atoms with Crippen LogP contribution in [0.15, 0.2) is 71.9 Å². The van der Waals surface area contributed by atoms with E-state index in [-0.39, 0.29) is 17.0 Å². The van der Waals surface area contributed by atoms with E-state index in [1.165, 1.54) is 24.4 Å². The third kappa shape index (κ3) is 4.51. The molecule has 0 spiro atoms. The molecule has 0 saturated carbocycles. The van der Waals surface area contributed by atoms with Gasteiger partial charge >= 0.3 is 0 Å². The first-order chi connectivity index (χ1) is 13.8. The van der Waals surface area contributed by atoms with Gasteiger partial charge in [-0.15, -0.1) is 0 Å². The lowest BCUT2D eigenvalue weighted by atomic mass is 10.1. The maximum Gasteiger partial charge on any atom is 0.254 e. The zero-order valence-electron chi connectivity index (χ0n) is 16.1. The quantitative estimate of drug-likeness (QED) is 0.668. The average molecular weight is 412 g/mol. The Morgan fingerprint density at radius 3 is 2.55 bits per heavy atom. The predicted octanol–water partition coefficient (Wildman–Crippen LogP) is 3.78. The van der Waals surface area contributed by atoms with Crippen LogP contribution in [0.2, 0.25) is 0 Å². The van der Waals surface area contributed by atoms with Gasteiger partial charge in [0.15, 0.2) is 9.84 Å². The molecule has 0 aliphatic carbocycles. The lowest BCUT2D eigenvalue weighted by Crippen LogP contribution is -2.32. The molecule has 1 aromatic heterocycles. The number of benzene rings is 2. The largest absolute Gasteiger partial charge is 0.350 e. The smallest absolute Gasteiger partial charge is 0.254 e. The number of amides is 1. The number of pyridine rings is 1. The predicted molar refractivity (Wildman–Crippen MR) is 109 cm³/mol. The van der Waals surface area contributed by atoms with Crippen molar-refractivity contribution >= 4 is 15.7 Å². The highest BCUT2D eigenvalue weighted by molar-refractivity contribution is 7.91. The fraction of sp³-hybridized carbons (Fsp3) is 0.182. The van der Waals surface area contributed by atoms with Crippen LogP contribution in [0, 0.1) is 19.7 Å². The highest BCUT2D eigenvalue weighted by atomic mass is 32.2. The molecule has 5 nitrogen and oxygen atoms in total. The Kier molecular flexibility index (Phi) is 6.08. The van der Waals surface area contributed by atoms with Crippen molar-refractivity contribution < 1.29 is 17.6 Å². The number of carbonyl (C=O) groups is 1. The number of hydrogen-bond donors (Lipinski definition) is 1. The minimum atomic E-state index is -3.84. The number of rotatable bonds is 6. The summed E-state index contributed by atoms with van der Waals surface area (Å²) in [7, 11) is -3.84.